The Kier molecular flexibility index (Phi) is 4.26. The van der Waals surface area contributed by atoms with Gasteiger partial charge in [-0.2, -0.15) is 0 Å². The van der Waals surface area contributed by atoms with E-state index < -0.39 is 10.2 Å². The van der Waals surface area contributed by atoms with E-state index in [9.17, 15) is 0 Å². The molecule has 98 valence electrons. The minimum absolute atomic E-state index is 1.32. The molecule has 0 saturated carbocycles. The maximum Gasteiger partial charge on any atom is 0.212 e. The van der Waals surface area contributed by atoms with E-state index in [1.165, 1.54) is 21.5 Å². The van der Waals surface area contributed by atoms with Crippen LogP contribution in [0.1, 0.15) is 0 Å². The fourth-order valence-corrected chi connectivity index (χ4v) is 2.47. The second-order valence-electron chi connectivity index (χ2n) is 3.72. The molecule has 0 aliphatic heterocycles. The zero-order chi connectivity index (χ0) is 13.9. The van der Waals surface area contributed by atoms with Crippen LogP contribution in [0.15, 0.2) is 53.2 Å². The summed E-state index contributed by atoms with van der Waals surface area (Å²) >= 11 is 1.74. The summed E-state index contributed by atoms with van der Waals surface area (Å²) in [5.74, 6) is 0. The second kappa shape index (κ2) is 5.75. The Morgan fingerprint density at radius 3 is 2.05 bits per heavy atom. The summed E-state index contributed by atoms with van der Waals surface area (Å²) in [4.78, 5) is 0. The van der Waals surface area contributed by atoms with Gasteiger partial charge in [-0.1, -0.05) is 30.3 Å². The van der Waals surface area contributed by atoms with Gasteiger partial charge in [-0.3, -0.25) is 0 Å². The van der Waals surface area contributed by atoms with Gasteiger partial charge < -0.3 is 0 Å². The first-order chi connectivity index (χ1) is 8.95. The molecule has 0 saturated heterocycles. The smallest absolute Gasteiger partial charge is 0.212 e. The van der Waals surface area contributed by atoms with Gasteiger partial charge in [0, 0.05) is 11.5 Å². The topological polar surface area (TPSA) is 92.2 Å². The molecule has 0 unspecified atom stereocenters. The lowest BCUT2D eigenvalue weighted by Gasteiger charge is -2.17. The quantitative estimate of drug-likeness (QED) is 0.416. The van der Waals surface area contributed by atoms with Crippen molar-refractivity contribution in [3.8, 4) is 0 Å². The number of benzene rings is 2. The standard InChI is InChI=1S/C13H9S.ClHO4/c1-2-4-12-10(3-1)5-6-11-9-14-8-7-13(11)12;2-1(3,4)5/h1-9H;(H,2,3,4,5)/q+1;/p-1. The van der Waals surface area contributed by atoms with E-state index in [0.717, 1.165) is 0 Å². The van der Waals surface area contributed by atoms with Crippen molar-refractivity contribution >= 4 is 32.9 Å². The van der Waals surface area contributed by atoms with Crippen molar-refractivity contribution in [2.24, 2.45) is 0 Å². The van der Waals surface area contributed by atoms with Gasteiger partial charge in [0.2, 0.25) is 16.7 Å². The fraction of sp³-hybridized carbons (Fsp3) is 0. The van der Waals surface area contributed by atoms with Crippen molar-refractivity contribution in [2.45, 2.75) is 0 Å². The molecule has 0 atom stereocenters. The average molecular weight is 297 g/mol. The number of fused-ring (bicyclic) bond motifs is 3. The molecule has 0 fully saturated rings. The van der Waals surface area contributed by atoms with Crippen LogP contribution < -0.4 is 18.6 Å². The predicted molar refractivity (Wildman–Crippen MR) is 63.7 cm³/mol. The molecule has 3 aromatic rings. The van der Waals surface area contributed by atoms with Crippen LogP contribution in [-0.4, -0.2) is 0 Å². The maximum atomic E-state index is 8.49. The van der Waals surface area contributed by atoms with E-state index in [2.05, 4.69) is 53.2 Å². The number of hydrogen-bond donors (Lipinski definition) is 0. The lowest BCUT2D eigenvalue weighted by molar-refractivity contribution is -2.00. The summed E-state index contributed by atoms with van der Waals surface area (Å²) in [5, 5.41) is 9.67. The molecule has 0 radical (unpaired) electrons. The molecule has 0 N–H and O–H groups in total. The minimum Gasteiger partial charge on any atom is -0.222 e. The van der Waals surface area contributed by atoms with Crippen LogP contribution in [0, 0.1) is 10.2 Å². The van der Waals surface area contributed by atoms with Crippen molar-refractivity contribution in [3.63, 3.8) is 0 Å². The first-order valence-electron chi connectivity index (χ1n) is 5.24. The van der Waals surface area contributed by atoms with Crippen LogP contribution >= 0.6 is 11.3 Å². The Balaban J connectivity index is 0.000000232. The lowest BCUT2D eigenvalue weighted by atomic mass is 10.1. The summed E-state index contributed by atoms with van der Waals surface area (Å²) in [6.45, 7) is 0. The molecular formula is C13H9ClO4S. The monoisotopic (exact) mass is 296 g/mol. The Morgan fingerprint density at radius 2 is 1.32 bits per heavy atom. The van der Waals surface area contributed by atoms with Crippen LogP contribution in [-0.2, 0) is 0 Å². The van der Waals surface area contributed by atoms with Gasteiger partial charge >= 0.3 is 0 Å². The van der Waals surface area contributed by atoms with Crippen molar-refractivity contribution < 1.29 is 28.9 Å². The highest BCUT2D eigenvalue weighted by atomic mass is 35.7. The third-order valence-electron chi connectivity index (χ3n) is 2.51. The van der Waals surface area contributed by atoms with Crippen molar-refractivity contribution in [1.82, 2.24) is 0 Å². The van der Waals surface area contributed by atoms with Crippen molar-refractivity contribution in [3.05, 3.63) is 53.2 Å². The van der Waals surface area contributed by atoms with Crippen molar-refractivity contribution in [1.29, 1.82) is 0 Å². The largest absolute Gasteiger partial charge is 0.222 e. The molecule has 1 aromatic heterocycles. The van der Waals surface area contributed by atoms with Crippen LogP contribution in [0.4, 0.5) is 0 Å². The minimum atomic E-state index is -4.94. The Morgan fingerprint density at radius 1 is 0.737 bits per heavy atom. The van der Waals surface area contributed by atoms with Gasteiger partial charge in [-0.05, 0) is 22.2 Å². The highest BCUT2D eigenvalue weighted by Crippen LogP contribution is 2.25. The number of rotatable bonds is 0. The van der Waals surface area contributed by atoms with E-state index in [-0.39, 0.29) is 0 Å². The van der Waals surface area contributed by atoms with Crippen LogP contribution in [0.3, 0.4) is 0 Å². The molecule has 3 rings (SSSR count). The second-order valence-corrected chi connectivity index (χ2v) is 5.26. The first kappa shape index (κ1) is 14.1. The Hall–Kier alpha value is -1.34. The fourth-order valence-electron chi connectivity index (χ4n) is 1.82. The normalized spacial score (nSPS) is 11.2. The molecule has 6 heteroatoms. The molecule has 19 heavy (non-hydrogen) atoms. The van der Waals surface area contributed by atoms with E-state index >= 15 is 0 Å². The van der Waals surface area contributed by atoms with E-state index in [1.807, 2.05) is 0 Å². The molecular weight excluding hydrogens is 288 g/mol. The Labute approximate surface area is 115 Å². The predicted octanol–water partition coefficient (Wildman–Crippen LogP) is -0.420. The summed E-state index contributed by atoms with van der Waals surface area (Å²) in [6.07, 6.45) is 0. The highest BCUT2D eigenvalue weighted by molar-refractivity contribution is 7.08. The summed E-state index contributed by atoms with van der Waals surface area (Å²) in [5.41, 5.74) is 0. The number of hydrogen-bond acceptors (Lipinski definition) is 4. The van der Waals surface area contributed by atoms with Gasteiger partial charge in [-0.25, -0.2) is 18.6 Å². The third kappa shape index (κ3) is 4.07. The number of halogens is 1. The zero-order valence-corrected chi connectivity index (χ0v) is 11.2. The zero-order valence-electron chi connectivity index (χ0n) is 9.62. The van der Waals surface area contributed by atoms with E-state index in [1.54, 1.807) is 11.3 Å². The molecule has 1 heterocycles. The highest BCUT2D eigenvalue weighted by Gasteiger charge is 2.01. The van der Waals surface area contributed by atoms with Crippen molar-refractivity contribution in [2.75, 3.05) is 0 Å². The Bertz CT molecular complexity index is 636. The van der Waals surface area contributed by atoms with Crippen LogP contribution in [0.2, 0.25) is 0 Å². The maximum absolute atomic E-state index is 8.49. The van der Waals surface area contributed by atoms with Gasteiger partial charge in [0.05, 0.1) is 0 Å². The lowest BCUT2D eigenvalue weighted by Crippen LogP contribution is -2.68. The van der Waals surface area contributed by atoms with Gasteiger partial charge in [0.15, 0.2) is 5.38 Å². The van der Waals surface area contributed by atoms with Gasteiger partial charge in [-0.15, -0.1) is 10.2 Å². The molecule has 0 aliphatic rings. The third-order valence-corrected chi connectivity index (χ3v) is 3.20. The van der Waals surface area contributed by atoms with E-state index in [0.29, 0.717) is 0 Å². The van der Waals surface area contributed by atoms with E-state index in [4.69, 9.17) is 18.6 Å². The molecule has 4 nitrogen and oxygen atoms in total. The summed E-state index contributed by atoms with van der Waals surface area (Å²) in [7, 11) is -4.94. The van der Waals surface area contributed by atoms with Gasteiger partial charge in [0.1, 0.15) is 0 Å². The summed E-state index contributed by atoms with van der Waals surface area (Å²) in [6, 6.07) is 15.1. The first-order valence-corrected chi connectivity index (χ1v) is 7.41. The van der Waals surface area contributed by atoms with Crippen LogP contribution in [0.5, 0.6) is 0 Å². The van der Waals surface area contributed by atoms with Crippen LogP contribution in [0.25, 0.3) is 21.5 Å². The molecule has 0 spiro atoms. The molecule has 0 aliphatic carbocycles. The molecule has 2 aromatic carbocycles. The SMILES string of the molecule is [O-][Cl+3]([O-])([O-])[O-].c1ccc2c(c1)ccc1c[s+]ccc12. The molecule has 0 amide bonds. The average Bonchev–Trinajstić information content (AvgIpc) is 2.37. The molecule has 0 bridgehead atoms. The summed E-state index contributed by atoms with van der Waals surface area (Å²) < 4.78 is 34.0. The van der Waals surface area contributed by atoms with Gasteiger partial charge in [0.25, 0.3) is 0 Å².